The fraction of sp³-hybridized carbons (Fsp3) is 0.238. The van der Waals surface area contributed by atoms with E-state index in [9.17, 15) is 0 Å². The summed E-state index contributed by atoms with van der Waals surface area (Å²) >= 11 is 0. The summed E-state index contributed by atoms with van der Waals surface area (Å²) < 4.78 is 0. The number of hydrogen-bond donors (Lipinski definition) is 0. The van der Waals surface area contributed by atoms with Crippen molar-refractivity contribution in [2.45, 2.75) is 19.8 Å². The first kappa shape index (κ1) is 14.9. The molecule has 3 aromatic rings. The summed E-state index contributed by atoms with van der Waals surface area (Å²) in [5.41, 5.74) is 5.73. The van der Waals surface area contributed by atoms with E-state index in [1.807, 2.05) is 30.6 Å². The molecule has 2 aromatic carbocycles. The minimum absolute atomic E-state index is 0.957. The van der Waals surface area contributed by atoms with E-state index in [1.54, 1.807) is 0 Å². The van der Waals surface area contributed by atoms with Crippen LogP contribution in [-0.4, -0.2) is 24.3 Å². The Balaban J connectivity index is 1.58. The van der Waals surface area contributed by atoms with Crippen LogP contribution in [0.2, 0.25) is 0 Å². The molecular formula is C21H21N3. The van der Waals surface area contributed by atoms with E-state index >= 15 is 0 Å². The monoisotopic (exact) mass is 315 g/mol. The standard InChI is InChI=1S/C21H21N3/c1-16-13-20(24-11-2-3-12-24)8-6-18(16)15-23-19-7-9-21-17(14-19)5-4-10-22-21/h4-10,13-15H,2-3,11-12H2,1H3. The van der Waals surface area contributed by atoms with Crippen LogP contribution < -0.4 is 4.90 Å². The van der Waals surface area contributed by atoms with Crippen molar-refractivity contribution < 1.29 is 0 Å². The number of nitrogens with zero attached hydrogens (tertiary/aromatic N) is 3. The van der Waals surface area contributed by atoms with E-state index in [-0.39, 0.29) is 0 Å². The van der Waals surface area contributed by atoms with Crippen molar-refractivity contribution in [3.05, 3.63) is 65.9 Å². The fourth-order valence-electron chi connectivity index (χ4n) is 3.26. The molecule has 0 aliphatic carbocycles. The van der Waals surface area contributed by atoms with Gasteiger partial charge in [-0.05, 0) is 67.3 Å². The van der Waals surface area contributed by atoms with E-state index in [2.05, 4.69) is 52.1 Å². The molecule has 0 unspecified atom stereocenters. The molecule has 2 heterocycles. The lowest BCUT2D eigenvalue weighted by Crippen LogP contribution is -2.17. The summed E-state index contributed by atoms with van der Waals surface area (Å²) in [7, 11) is 0. The fourth-order valence-corrected chi connectivity index (χ4v) is 3.26. The van der Waals surface area contributed by atoms with Crippen LogP contribution >= 0.6 is 0 Å². The third-order valence-electron chi connectivity index (χ3n) is 4.66. The number of anilines is 1. The Bertz CT molecular complexity index is 892. The second-order valence-electron chi connectivity index (χ2n) is 6.37. The zero-order valence-corrected chi connectivity index (χ0v) is 13.9. The highest BCUT2D eigenvalue weighted by Crippen LogP contribution is 2.23. The number of aromatic nitrogens is 1. The van der Waals surface area contributed by atoms with Crippen molar-refractivity contribution >= 4 is 28.5 Å². The predicted molar refractivity (Wildman–Crippen MR) is 102 cm³/mol. The molecule has 1 aliphatic rings. The largest absolute Gasteiger partial charge is 0.372 e. The topological polar surface area (TPSA) is 28.5 Å². The lowest BCUT2D eigenvalue weighted by atomic mass is 10.1. The van der Waals surface area contributed by atoms with Gasteiger partial charge in [-0.1, -0.05) is 12.1 Å². The Morgan fingerprint density at radius 3 is 2.75 bits per heavy atom. The van der Waals surface area contributed by atoms with Gasteiger partial charge < -0.3 is 4.90 Å². The molecule has 0 amide bonds. The van der Waals surface area contributed by atoms with Crippen LogP contribution in [0, 0.1) is 6.92 Å². The van der Waals surface area contributed by atoms with Crippen molar-refractivity contribution in [2.24, 2.45) is 4.99 Å². The highest BCUT2D eigenvalue weighted by molar-refractivity contribution is 5.87. The second-order valence-corrected chi connectivity index (χ2v) is 6.37. The minimum Gasteiger partial charge on any atom is -0.372 e. The van der Waals surface area contributed by atoms with Crippen molar-refractivity contribution in [2.75, 3.05) is 18.0 Å². The van der Waals surface area contributed by atoms with Crippen molar-refractivity contribution in [1.82, 2.24) is 4.98 Å². The molecule has 4 rings (SSSR count). The molecule has 1 fully saturated rings. The van der Waals surface area contributed by atoms with Crippen LogP contribution in [0.4, 0.5) is 11.4 Å². The van der Waals surface area contributed by atoms with Gasteiger partial charge in [-0.2, -0.15) is 0 Å². The van der Waals surface area contributed by atoms with E-state index in [0.717, 1.165) is 16.6 Å². The van der Waals surface area contributed by atoms with Crippen molar-refractivity contribution in [1.29, 1.82) is 0 Å². The van der Waals surface area contributed by atoms with Gasteiger partial charge in [0.05, 0.1) is 11.2 Å². The molecule has 0 spiro atoms. The first-order valence-electron chi connectivity index (χ1n) is 8.54. The average molecular weight is 315 g/mol. The first-order valence-corrected chi connectivity index (χ1v) is 8.54. The number of hydrogen-bond acceptors (Lipinski definition) is 3. The third kappa shape index (κ3) is 3.02. The first-order chi connectivity index (χ1) is 11.8. The number of rotatable bonds is 3. The van der Waals surface area contributed by atoms with Gasteiger partial charge >= 0.3 is 0 Å². The van der Waals surface area contributed by atoms with Gasteiger partial charge in [0.15, 0.2) is 0 Å². The number of fused-ring (bicyclic) bond motifs is 1. The summed E-state index contributed by atoms with van der Waals surface area (Å²) in [5, 5.41) is 1.12. The van der Waals surface area contributed by atoms with Gasteiger partial charge in [0.1, 0.15) is 0 Å². The van der Waals surface area contributed by atoms with Gasteiger partial charge in [-0.25, -0.2) is 0 Å². The second kappa shape index (κ2) is 6.44. The van der Waals surface area contributed by atoms with Crippen molar-refractivity contribution in [3.8, 4) is 0 Å². The number of pyridine rings is 1. The van der Waals surface area contributed by atoms with E-state index in [4.69, 9.17) is 0 Å². The van der Waals surface area contributed by atoms with Gasteiger partial charge in [-0.3, -0.25) is 9.98 Å². The Morgan fingerprint density at radius 1 is 1.04 bits per heavy atom. The smallest absolute Gasteiger partial charge is 0.0703 e. The maximum Gasteiger partial charge on any atom is 0.0703 e. The van der Waals surface area contributed by atoms with Crippen LogP contribution in [-0.2, 0) is 0 Å². The molecule has 0 radical (unpaired) electrons. The Kier molecular flexibility index (Phi) is 3.99. The predicted octanol–water partition coefficient (Wildman–Crippen LogP) is 4.89. The molecule has 1 aliphatic heterocycles. The molecule has 0 bridgehead atoms. The SMILES string of the molecule is Cc1cc(N2CCCC2)ccc1C=Nc1ccc2ncccc2c1. The van der Waals surface area contributed by atoms with Crippen LogP contribution in [0.3, 0.4) is 0 Å². The average Bonchev–Trinajstić information content (AvgIpc) is 3.15. The van der Waals surface area contributed by atoms with Gasteiger partial charge in [0.25, 0.3) is 0 Å². The molecule has 24 heavy (non-hydrogen) atoms. The summed E-state index contributed by atoms with van der Waals surface area (Å²) in [4.78, 5) is 11.5. The Labute approximate surface area is 142 Å². The van der Waals surface area contributed by atoms with Gasteiger partial charge in [-0.15, -0.1) is 0 Å². The molecule has 0 N–H and O–H groups in total. The lowest BCUT2D eigenvalue weighted by molar-refractivity contribution is 0.949. The molecular weight excluding hydrogens is 294 g/mol. The zero-order chi connectivity index (χ0) is 16.4. The molecule has 3 nitrogen and oxygen atoms in total. The van der Waals surface area contributed by atoms with Crippen molar-refractivity contribution in [3.63, 3.8) is 0 Å². The maximum atomic E-state index is 4.65. The minimum atomic E-state index is 0.957. The number of benzene rings is 2. The molecule has 0 atom stereocenters. The van der Waals surface area contributed by atoms with E-state index < -0.39 is 0 Å². The van der Waals surface area contributed by atoms with Crippen LogP contribution in [0.5, 0.6) is 0 Å². The molecule has 3 heteroatoms. The lowest BCUT2D eigenvalue weighted by Gasteiger charge is -2.18. The molecule has 0 saturated carbocycles. The third-order valence-corrected chi connectivity index (χ3v) is 4.66. The quantitative estimate of drug-likeness (QED) is 0.644. The number of aryl methyl sites for hydroxylation is 1. The van der Waals surface area contributed by atoms with E-state index in [0.29, 0.717) is 0 Å². The Morgan fingerprint density at radius 2 is 1.92 bits per heavy atom. The highest BCUT2D eigenvalue weighted by atomic mass is 15.1. The van der Waals surface area contributed by atoms with Gasteiger partial charge in [0.2, 0.25) is 0 Å². The highest BCUT2D eigenvalue weighted by Gasteiger charge is 2.12. The summed E-state index contributed by atoms with van der Waals surface area (Å²) in [6.07, 6.45) is 6.38. The zero-order valence-electron chi connectivity index (χ0n) is 13.9. The summed E-state index contributed by atoms with van der Waals surface area (Å²) in [6, 6.07) is 16.8. The molecule has 1 aromatic heterocycles. The number of aliphatic imine (C=N–C) groups is 1. The summed E-state index contributed by atoms with van der Waals surface area (Å²) in [6.45, 7) is 4.52. The van der Waals surface area contributed by atoms with Crippen LogP contribution in [0.25, 0.3) is 10.9 Å². The molecule has 120 valence electrons. The van der Waals surface area contributed by atoms with Gasteiger partial charge in [0, 0.05) is 36.6 Å². The molecule has 1 saturated heterocycles. The van der Waals surface area contributed by atoms with Crippen LogP contribution in [0.15, 0.2) is 59.7 Å². The van der Waals surface area contributed by atoms with E-state index in [1.165, 1.54) is 42.7 Å². The maximum absolute atomic E-state index is 4.65. The van der Waals surface area contributed by atoms with Crippen LogP contribution in [0.1, 0.15) is 24.0 Å². The normalized spacial score (nSPS) is 14.8. The summed E-state index contributed by atoms with van der Waals surface area (Å²) in [5.74, 6) is 0. The Hall–Kier alpha value is -2.68.